The number of hydrogen-bond acceptors (Lipinski definition) is 4. The summed E-state index contributed by atoms with van der Waals surface area (Å²) in [6, 6.07) is 5.72. The predicted octanol–water partition coefficient (Wildman–Crippen LogP) is 0.622. The second kappa shape index (κ2) is 6.90. The summed E-state index contributed by atoms with van der Waals surface area (Å²) < 4.78 is 8.43. The number of aromatic nitrogens is 3. The van der Waals surface area contributed by atoms with Crippen LogP contribution in [0.1, 0.15) is 16.7 Å². The maximum atomic E-state index is 12.6. The molecule has 25 heavy (non-hydrogen) atoms. The van der Waals surface area contributed by atoms with E-state index in [1.807, 2.05) is 18.2 Å². The Morgan fingerprint density at radius 3 is 2.04 bits per heavy atom. The van der Waals surface area contributed by atoms with Crippen LogP contribution in [-0.2, 0) is 37.6 Å². The molecule has 7 heteroatoms. The molecule has 0 spiro atoms. The van der Waals surface area contributed by atoms with Crippen molar-refractivity contribution in [3.8, 4) is 0 Å². The van der Waals surface area contributed by atoms with Gasteiger partial charge in [0.2, 0.25) is 0 Å². The quantitative estimate of drug-likeness (QED) is 0.722. The number of benzene rings is 1. The van der Waals surface area contributed by atoms with Crippen LogP contribution in [0.4, 0.5) is 0 Å². The normalized spacial score (nSPS) is 12.8. The first-order valence-corrected chi connectivity index (χ1v) is 7.91. The monoisotopic (exact) mass is 341 g/mol. The number of ether oxygens (including phenoxy) is 1. The van der Waals surface area contributed by atoms with Gasteiger partial charge in [0.05, 0.1) is 32.8 Å². The Balaban J connectivity index is 2.13. The van der Waals surface area contributed by atoms with Crippen LogP contribution >= 0.6 is 0 Å². The minimum atomic E-state index is -0.659. The van der Waals surface area contributed by atoms with Crippen molar-refractivity contribution in [3.63, 3.8) is 0 Å². The van der Waals surface area contributed by atoms with Crippen LogP contribution < -0.4 is 17.1 Å². The van der Waals surface area contributed by atoms with E-state index in [1.165, 1.54) is 12.2 Å². The molecule has 7 nitrogen and oxygen atoms in total. The van der Waals surface area contributed by atoms with Gasteiger partial charge in [-0.2, -0.15) is 0 Å². The van der Waals surface area contributed by atoms with Crippen LogP contribution in [0.25, 0.3) is 0 Å². The molecule has 0 radical (unpaired) electrons. The second-order valence-electron chi connectivity index (χ2n) is 5.83. The molecule has 0 unspecified atom stereocenters. The highest BCUT2D eigenvalue weighted by Gasteiger charge is 2.16. The summed E-state index contributed by atoms with van der Waals surface area (Å²) >= 11 is 0. The summed E-state index contributed by atoms with van der Waals surface area (Å²) in [6.45, 7) is 8.37. The fourth-order valence-electron chi connectivity index (χ4n) is 2.89. The van der Waals surface area contributed by atoms with Gasteiger partial charge < -0.3 is 4.74 Å². The average molecular weight is 341 g/mol. The van der Waals surface area contributed by atoms with Crippen molar-refractivity contribution in [1.82, 2.24) is 13.7 Å². The highest BCUT2D eigenvalue weighted by molar-refractivity contribution is 5.33. The van der Waals surface area contributed by atoms with Crippen LogP contribution in [0.2, 0.25) is 0 Å². The largest absolute Gasteiger partial charge is 0.372 e. The average Bonchev–Trinajstić information content (AvgIpc) is 3.07. The molecule has 0 saturated carbocycles. The molecule has 1 aromatic carbocycles. The van der Waals surface area contributed by atoms with Crippen LogP contribution in [-0.4, -0.2) is 13.7 Å². The molecular weight excluding hydrogens is 322 g/mol. The maximum absolute atomic E-state index is 12.6. The van der Waals surface area contributed by atoms with Gasteiger partial charge in [-0.25, -0.2) is 28.1 Å². The molecule has 0 bridgehead atoms. The predicted molar refractivity (Wildman–Crippen MR) is 93.7 cm³/mol. The van der Waals surface area contributed by atoms with E-state index >= 15 is 0 Å². The van der Waals surface area contributed by atoms with Crippen molar-refractivity contribution in [2.45, 2.75) is 32.8 Å². The number of fused-ring (bicyclic) bond motifs is 1. The summed E-state index contributed by atoms with van der Waals surface area (Å²) in [5.41, 5.74) is 1.01. The van der Waals surface area contributed by atoms with E-state index in [0.717, 1.165) is 30.4 Å². The first kappa shape index (κ1) is 16.9. The Morgan fingerprint density at radius 1 is 0.880 bits per heavy atom. The zero-order valence-electron chi connectivity index (χ0n) is 13.8. The summed E-state index contributed by atoms with van der Waals surface area (Å²) in [5, 5.41) is 0. The SMILES string of the molecule is C=CCn1c(=O)n(CC=C)c(=O)n(Cc2ccc3c(c2)COC3)c1=O. The van der Waals surface area contributed by atoms with Crippen molar-refractivity contribution in [1.29, 1.82) is 0 Å². The van der Waals surface area contributed by atoms with Gasteiger partial charge in [-0.1, -0.05) is 30.4 Å². The Labute approximate surface area is 143 Å². The van der Waals surface area contributed by atoms with E-state index in [9.17, 15) is 14.4 Å². The Hall–Kier alpha value is -2.93. The lowest BCUT2D eigenvalue weighted by molar-refractivity contribution is 0.134. The number of rotatable bonds is 6. The zero-order chi connectivity index (χ0) is 18.0. The van der Waals surface area contributed by atoms with Crippen molar-refractivity contribution in [2.24, 2.45) is 0 Å². The third-order valence-corrected chi connectivity index (χ3v) is 4.14. The second-order valence-corrected chi connectivity index (χ2v) is 5.83. The lowest BCUT2D eigenvalue weighted by Gasteiger charge is -2.12. The lowest BCUT2D eigenvalue weighted by atomic mass is 10.1. The summed E-state index contributed by atoms with van der Waals surface area (Å²) in [4.78, 5) is 37.6. The van der Waals surface area contributed by atoms with E-state index in [0.29, 0.717) is 13.2 Å². The minimum absolute atomic E-state index is 0.0348. The van der Waals surface area contributed by atoms with Gasteiger partial charge >= 0.3 is 17.1 Å². The molecule has 0 saturated heterocycles. The van der Waals surface area contributed by atoms with Crippen LogP contribution in [0.15, 0.2) is 57.9 Å². The molecule has 3 rings (SSSR count). The van der Waals surface area contributed by atoms with Gasteiger partial charge in [-0.15, -0.1) is 13.2 Å². The number of hydrogen-bond donors (Lipinski definition) is 0. The molecule has 1 aliphatic heterocycles. The van der Waals surface area contributed by atoms with Crippen LogP contribution in [0.5, 0.6) is 0 Å². The van der Waals surface area contributed by atoms with Gasteiger partial charge in [0.25, 0.3) is 0 Å². The molecule has 0 N–H and O–H groups in total. The third kappa shape index (κ3) is 3.06. The first-order valence-electron chi connectivity index (χ1n) is 7.91. The summed E-state index contributed by atoms with van der Waals surface area (Å²) in [7, 11) is 0. The van der Waals surface area contributed by atoms with Crippen LogP contribution in [0, 0.1) is 0 Å². The first-order chi connectivity index (χ1) is 12.1. The summed E-state index contributed by atoms with van der Waals surface area (Å²) in [6.07, 6.45) is 2.89. The number of nitrogens with zero attached hydrogens (tertiary/aromatic N) is 3. The van der Waals surface area contributed by atoms with E-state index in [2.05, 4.69) is 13.2 Å². The molecule has 0 atom stereocenters. The van der Waals surface area contributed by atoms with Gasteiger partial charge in [0.1, 0.15) is 0 Å². The zero-order valence-corrected chi connectivity index (χ0v) is 13.8. The van der Waals surface area contributed by atoms with E-state index in [1.54, 1.807) is 0 Å². The molecule has 0 fully saturated rings. The molecule has 1 aliphatic rings. The molecule has 2 heterocycles. The van der Waals surface area contributed by atoms with E-state index in [4.69, 9.17) is 4.74 Å². The smallest absolute Gasteiger partial charge is 0.336 e. The Morgan fingerprint density at radius 2 is 1.44 bits per heavy atom. The van der Waals surface area contributed by atoms with Crippen molar-refractivity contribution in [2.75, 3.05) is 0 Å². The van der Waals surface area contributed by atoms with Gasteiger partial charge in [0.15, 0.2) is 0 Å². The third-order valence-electron chi connectivity index (χ3n) is 4.14. The number of allylic oxidation sites excluding steroid dienone is 2. The minimum Gasteiger partial charge on any atom is -0.372 e. The van der Waals surface area contributed by atoms with Crippen LogP contribution in [0.3, 0.4) is 0 Å². The Kier molecular flexibility index (Phi) is 4.67. The van der Waals surface area contributed by atoms with Crippen molar-refractivity contribution >= 4 is 0 Å². The highest BCUT2D eigenvalue weighted by atomic mass is 16.5. The van der Waals surface area contributed by atoms with Crippen molar-refractivity contribution in [3.05, 3.63) is 91.7 Å². The molecule has 1 aromatic heterocycles. The molecule has 0 amide bonds. The fraction of sp³-hybridized carbons (Fsp3) is 0.278. The van der Waals surface area contributed by atoms with Gasteiger partial charge in [-0.05, 0) is 16.7 Å². The lowest BCUT2D eigenvalue weighted by Crippen LogP contribution is -2.54. The van der Waals surface area contributed by atoms with E-state index in [-0.39, 0.29) is 19.6 Å². The summed E-state index contributed by atoms with van der Waals surface area (Å²) in [5.74, 6) is 0. The van der Waals surface area contributed by atoms with E-state index < -0.39 is 17.1 Å². The molecule has 2 aromatic rings. The fourth-order valence-corrected chi connectivity index (χ4v) is 2.89. The molecular formula is C18H19N3O4. The van der Waals surface area contributed by atoms with Crippen molar-refractivity contribution < 1.29 is 4.74 Å². The molecule has 130 valence electrons. The van der Waals surface area contributed by atoms with Gasteiger partial charge in [0, 0.05) is 0 Å². The standard InChI is InChI=1S/C18H19N3O4/c1-3-7-19-16(22)20(8-4-2)18(24)21(17(19)23)10-13-5-6-14-11-25-12-15(14)9-13/h3-6,9H,1-2,7-8,10-12H2. The highest BCUT2D eigenvalue weighted by Crippen LogP contribution is 2.20. The molecule has 0 aliphatic carbocycles. The maximum Gasteiger partial charge on any atom is 0.336 e. The van der Waals surface area contributed by atoms with Gasteiger partial charge in [-0.3, -0.25) is 0 Å². The topological polar surface area (TPSA) is 75.2 Å². The Bertz CT molecular complexity index is 962.